The zero-order chi connectivity index (χ0) is 13.4. The van der Waals surface area contributed by atoms with Crippen molar-refractivity contribution in [3.63, 3.8) is 0 Å². The topological polar surface area (TPSA) is 24.1 Å². The Kier molecular flexibility index (Phi) is 2.96. The highest BCUT2D eigenvalue weighted by atomic mass is 15.0. The lowest BCUT2D eigenvalue weighted by Crippen LogP contribution is -2.17. The minimum Gasteiger partial charge on any atom is -0.384 e. The molecule has 2 unspecified atom stereocenters. The molecular formula is C18H20N2. The Morgan fingerprint density at radius 2 is 2.00 bits per heavy atom. The second kappa shape index (κ2) is 4.95. The van der Waals surface area contributed by atoms with Crippen molar-refractivity contribution >= 4 is 5.69 Å². The normalized spacial score (nSPS) is 23.2. The molecule has 0 amide bonds. The SMILES string of the molecule is c1ccc(C2CC2NCc2ccc3c(c2)CCN3)cc1. The van der Waals surface area contributed by atoms with Gasteiger partial charge in [-0.1, -0.05) is 42.5 Å². The first-order valence-electron chi connectivity index (χ1n) is 7.54. The van der Waals surface area contributed by atoms with E-state index in [1.165, 1.54) is 35.2 Å². The molecule has 2 aromatic carbocycles. The second-order valence-electron chi connectivity index (χ2n) is 5.91. The minimum atomic E-state index is 0.656. The molecule has 2 N–H and O–H groups in total. The van der Waals surface area contributed by atoms with Gasteiger partial charge in [-0.3, -0.25) is 0 Å². The van der Waals surface area contributed by atoms with Gasteiger partial charge in [0.15, 0.2) is 0 Å². The van der Waals surface area contributed by atoms with Crippen molar-refractivity contribution < 1.29 is 0 Å². The summed E-state index contributed by atoms with van der Waals surface area (Å²) in [5, 5.41) is 7.10. The molecule has 2 atom stereocenters. The van der Waals surface area contributed by atoms with E-state index in [9.17, 15) is 0 Å². The Hall–Kier alpha value is -1.80. The minimum absolute atomic E-state index is 0.656. The molecule has 0 saturated heterocycles. The lowest BCUT2D eigenvalue weighted by molar-refractivity contribution is 0.672. The quantitative estimate of drug-likeness (QED) is 0.885. The van der Waals surface area contributed by atoms with Crippen LogP contribution in [0.3, 0.4) is 0 Å². The highest BCUT2D eigenvalue weighted by molar-refractivity contribution is 5.56. The molecule has 0 radical (unpaired) electrons. The Labute approximate surface area is 120 Å². The molecule has 1 aliphatic carbocycles. The molecular weight excluding hydrogens is 244 g/mol. The van der Waals surface area contributed by atoms with E-state index in [0.29, 0.717) is 12.0 Å². The van der Waals surface area contributed by atoms with E-state index >= 15 is 0 Å². The Bertz CT molecular complexity index is 606. The van der Waals surface area contributed by atoms with E-state index in [0.717, 1.165) is 13.1 Å². The van der Waals surface area contributed by atoms with Gasteiger partial charge in [0.1, 0.15) is 0 Å². The summed E-state index contributed by atoms with van der Waals surface area (Å²) < 4.78 is 0. The average Bonchev–Trinajstić information content (AvgIpc) is 3.13. The molecule has 0 aromatic heterocycles. The summed E-state index contributed by atoms with van der Waals surface area (Å²) in [4.78, 5) is 0. The largest absolute Gasteiger partial charge is 0.384 e. The van der Waals surface area contributed by atoms with Crippen molar-refractivity contribution in [2.24, 2.45) is 0 Å². The lowest BCUT2D eigenvalue weighted by Gasteiger charge is -2.07. The molecule has 102 valence electrons. The van der Waals surface area contributed by atoms with E-state index in [4.69, 9.17) is 0 Å². The molecule has 1 fully saturated rings. The molecule has 0 spiro atoms. The summed E-state index contributed by atoms with van der Waals surface area (Å²) in [6.07, 6.45) is 2.44. The zero-order valence-electron chi connectivity index (χ0n) is 11.6. The highest BCUT2D eigenvalue weighted by Gasteiger charge is 2.37. The molecule has 20 heavy (non-hydrogen) atoms. The zero-order valence-corrected chi connectivity index (χ0v) is 11.6. The highest BCUT2D eigenvalue weighted by Crippen LogP contribution is 2.40. The number of hydrogen-bond donors (Lipinski definition) is 2. The second-order valence-corrected chi connectivity index (χ2v) is 5.91. The van der Waals surface area contributed by atoms with Gasteiger partial charge >= 0.3 is 0 Å². The standard InChI is InChI=1S/C18H20N2/c1-2-4-14(5-3-1)16-11-18(16)20-12-13-6-7-17-15(10-13)8-9-19-17/h1-7,10,16,18-20H,8-9,11-12H2. The molecule has 2 heteroatoms. The number of anilines is 1. The number of rotatable bonds is 4. The van der Waals surface area contributed by atoms with E-state index in [1.54, 1.807) is 0 Å². The van der Waals surface area contributed by atoms with Crippen LogP contribution >= 0.6 is 0 Å². The summed E-state index contributed by atoms with van der Waals surface area (Å²) in [5.74, 6) is 0.715. The van der Waals surface area contributed by atoms with Gasteiger partial charge in [-0.15, -0.1) is 0 Å². The summed E-state index contributed by atoms with van der Waals surface area (Å²) >= 11 is 0. The predicted molar refractivity (Wildman–Crippen MR) is 83.1 cm³/mol. The van der Waals surface area contributed by atoms with Crippen LogP contribution in [-0.4, -0.2) is 12.6 Å². The van der Waals surface area contributed by atoms with Crippen LogP contribution in [0.1, 0.15) is 29.0 Å². The van der Waals surface area contributed by atoms with Gasteiger partial charge in [-0.25, -0.2) is 0 Å². The molecule has 2 nitrogen and oxygen atoms in total. The molecule has 1 aliphatic heterocycles. The first-order chi connectivity index (χ1) is 9.90. The predicted octanol–water partition coefficient (Wildman–Crippen LogP) is 3.30. The van der Waals surface area contributed by atoms with Crippen LogP contribution in [-0.2, 0) is 13.0 Å². The lowest BCUT2D eigenvalue weighted by atomic mass is 10.1. The van der Waals surface area contributed by atoms with Gasteiger partial charge < -0.3 is 10.6 Å². The summed E-state index contributed by atoms with van der Waals surface area (Å²) in [7, 11) is 0. The Morgan fingerprint density at radius 1 is 1.10 bits per heavy atom. The van der Waals surface area contributed by atoms with Gasteiger partial charge in [0, 0.05) is 30.7 Å². The number of benzene rings is 2. The summed E-state index contributed by atoms with van der Waals surface area (Å²) in [6.45, 7) is 2.08. The maximum absolute atomic E-state index is 3.69. The van der Waals surface area contributed by atoms with Crippen molar-refractivity contribution in [3.05, 3.63) is 65.2 Å². The van der Waals surface area contributed by atoms with Crippen LogP contribution in [0.15, 0.2) is 48.5 Å². The molecule has 2 aliphatic rings. The van der Waals surface area contributed by atoms with Crippen molar-refractivity contribution in [1.82, 2.24) is 5.32 Å². The molecule has 1 heterocycles. The first kappa shape index (κ1) is 12.0. The molecule has 4 rings (SSSR count). The van der Waals surface area contributed by atoms with Crippen molar-refractivity contribution in [1.29, 1.82) is 0 Å². The monoisotopic (exact) mass is 264 g/mol. The molecule has 0 bridgehead atoms. The summed E-state index contributed by atoms with van der Waals surface area (Å²) in [6, 6.07) is 18.3. The fourth-order valence-electron chi connectivity index (χ4n) is 3.21. The number of fused-ring (bicyclic) bond motifs is 1. The number of nitrogens with one attached hydrogen (secondary N) is 2. The Morgan fingerprint density at radius 3 is 2.90 bits per heavy atom. The van der Waals surface area contributed by atoms with Gasteiger partial charge in [0.25, 0.3) is 0 Å². The van der Waals surface area contributed by atoms with Crippen LogP contribution in [0.5, 0.6) is 0 Å². The Balaban J connectivity index is 1.36. The third-order valence-electron chi connectivity index (χ3n) is 4.47. The van der Waals surface area contributed by atoms with Crippen LogP contribution in [0.2, 0.25) is 0 Å². The molecule has 2 aromatic rings. The van der Waals surface area contributed by atoms with E-state index < -0.39 is 0 Å². The van der Waals surface area contributed by atoms with Crippen LogP contribution < -0.4 is 10.6 Å². The fraction of sp³-hybridized carbons (Fsp3) is 0.333. The van der Waals surface area contributed by atoms with Crippen molar-refractivity contribution in [2.75, 3.05) is 11.9 Å². The average molecular weight is 264 g/mol. The maximum Gasteiger partial charge on any atom is 0.0373 e. The van der Waals surface area contributed by atoms with E-state index in [2.05, 4.69) is 59.2 Å². The summed E-state index contributed by atoms with van der Waals surface area (Å²) in [5.41, 5.74) is 5.68. The van der Waals surface area contributed by atoms with E-state index in [-0.39, 0.29) is 0 Å². The smallest absolute Gasteiger partial charge is 0.0373 e. The van der Waals surface area contributed by atoms with E-state index in [1.807, 2.05) is 0 Å². The third-order valence-corrected chi connectivity index (χ3v) is 4.47. The van der Waals surface area contributed by atoms with Gasteiger partial charge in [-0.05, 0) is 35.6 Å². The van der Waals surface area contributed by atoms with Crippen molar-refractivity contribution in [2.45, 2.75) is 31.3 Å². The van der Waals surface area contributed by atoms with Crippen LogP contribution in [0.25, 0.3) is 0 Å². The number of hydrogen-bond acceptors (Lipinski definition) is 2. The van der Waals surface area contributed by atoms with Crippen LogP contribution in [0, 0.1) is 0 Å². The third kappa shape index (κ3) is 2.32. The first-order valence-corrected chi connectivity index (χ1v) is 7.54. The van der Waals surface area contributed by atoms with Crippen molar-refractivity contribution in [3.8, 4) is 0 Å². The van der Waals surface area contributed by atoms with Gasteiger partial charge in [0.05, 0.1) is 0 Å². The maximum atomic E-state index is 3.69. The van der Waals surface area contributed by atoms with Crippen LogP contribution in [0.4, 0.5) is 5.69 Å². The van der Waals surface area contributed by atoms with Gasteiger partial charge in [0.2, 0.25) is 0 Å². The fourth-order valence-corrected chi connectivity index (χ4v) is 3.21. The molecule has 1 saturated carbocycles. The van der Waals surface area contributed by atoms with Gasteiger partial charge in [-0.2, -0.15) is 0 Å².